The zero-order valence-corrected chi connectivity index (χ0v) is 12.9. The van der Waals surface area contributed by atoms with Crippen LogP contribution in [0.15, 0.2) is 15.9 Å². The Morgan fingerprint density at radius 2 is 1.94 bits per heavy atom. The van der Waals surface area contributed by atoms with E-state index in [2.05, 4.69) is 15.9 Å². The van der Waals surface area contributed by atoms with Crippen molar-refractivity contribution in [1.82, 2.24) is 0 Å². The summed E-state index contributed by atoms with van der Waals surface area (Å²) in [5.74, 6) is 0. The Bertz CT molecular complexity index is 475. The van der Waals surface area contributed by atoms with Gasteiger partial charge in [0, 0.05) is 10.4 Å². The zero-order valence-electron chi connectivity index (χ0n) is 8.13. The Morgan fingerprint density at radius 3 is 2.38 bits per heavy atom. The fourth-order valence-electron chi connectivity index (χ4n) is 1.44. The lowest BCUT2D eigenvalue weighted by Gasteiger charge is -2.08. The highest BCUT2D eigenvalue weighted by Crippen LogP contribution is 2.40. The second-order valence-electron chi connectivity index (χ2n) is 3.24. The van der Waals surface area contributed by atoms with Crippen LogP contribution < -0.4 is 0 Å². The van der Waals surface area contributed by atoms with Gasteiger partial charge in [0.1, 0.15) is 10.4 Å². The molecule has 2 rings (SSSR count). The van der Waals surface area contributed by atoms with Crippen molar-refractivity contribution in [2.45, 2.75) is 13.0 Å². The largest absolute Gasteiger partial charge is 0.384 e. The van der Waals surface area contributed by atoms with Gasteiger partial charge in [0.25, 0.3) is 0 Å². The van der Waals surface area contributed by atoms with E-state index in [-0.39, 0.29) is 0 Å². The molecule has 0 amide bonds. The summed E-state index contributed by atoms with van der Waals surface area (Å²) in [6.07, 6.45) is -0.709. The SMILES string of the molecule is Cc1sc(Br)cc1C(O)c1cc(Cl)sc1Cl. The number of thiophene rings is 2. The van der Waals surface area contributed by atoms with Gasteiger partial charge in [-0.3, -0.25) is 0 Å². The van der Waals surface area contributed by atoms with Crippen LogP contribution in [0, 0.1) is 6.92 Å². The number of aryl methyl sites for hydroxylation is 1. The number of hydrogen-bond donors (Lipinski definition) is 1. The topological polar surface area (TPSA) is 20.2 Å². The third kappa shape index (κ3) is 2.47. The van der Waals surface area contributed by atoms with Crippen LogP contribution >= 0.6 is 61.8 Å². The first kappa shape index (κ1) is 12.9. The Morgan fingerprint density at radius 1 is 1.25 bits per heavy atom. The summed E-state index contributed by atoms with van der Waals surface area (Å²) in [4.78, 5) is 1.07. The summed E-state index contributed by atoms with van der Waals surface area (Å²) in [6.45, 7) is 1.97. The van der Waals surface area contributed by atoms with Gasteiger partial charge >= 0.3 is 0 Å². The molecule has 0 saturated heterocycles. The normalized spacial score (nSPS) is 13.1. The van der Waals surface area contributed by atoms with Crippen LogP contribution in [-0.4, -0.2) is 5.11 Å². The number of aliphatic hydroxyl groups excluding tert-OH is 1. The quantitative estimate of drug-likeness (QED) is 0.776. The van der Waals surface area contributed by atoms with E-state index in [0.29, 0.717) is 14.2 Å². The molecule has 0 aliphatic carbocycles. The maximum absolute atomic E-state index is 10.2. The lowest BCUT2D eigenvalue weighted by Crippen LogP contribution is -1.98. The Hall–Kier alpha value is 0.420. The molecule has 16 heavy (non-hydrogen) atoms. The number of hydrogen-bond acceptors (Lipinski definition) is 3. The van der Waals surface area contributed by atoms with Crippen molar-refractivity contribution in [3.05, 3.63) is 40.6 Å². The highest BCUT2D eigenvalue weighted by molar-refractivity contribution is 9.11. The average molecular weight is 358 g/mol. The van der Waals surface area contributed by atoms with Crippen molar-refractivity contribution in [2.75, 3.05) is 0 Å². The molecule has 1 nitrogen and oxygen atoms in total. The lowest BCUT2D eigenvalue weighted by molar-refractivity contribution is 0.220. The van der Waals surface area contributed by atoms with Crippen LogP contribution in [0.2, 0.25) is 8.67 Å². The summed E-state index contributed by atoms with van der Waals surface area (Å²) in [5.41, 5.74) is 1.54. The smallest absolute Gasteiger partial charge is 0.107 e. The predicted molar refractivity (Wildman–Crippen MR) is 75.2 cm³/mol. The van der Waals surface area contributed by atoms with E-state index in [9.17, 15) is 5.11 Å². The van der Waals surface area contributed by atoms with Crippen molar-refractivity contribution in [3.8, 4) is 0 Å². The second kappa shape index (κ2) is 4.96. The molecule has 0 bridgehead atoms. The molecule has 0 radical (unpaired) electrons. The van der Waals surface area contributed by atoms with E-state index in [4.69, 9.17) is 23.2 Å². The molecule has 86 valence electrons. The van der Waals surface area contributed by atoms with Gasteiger partial charge in [0.15, 0.2) is 0 Å². The molecule has 1 atom stereocenters. The van der Waals surface area contributed by atoms with Crippen LogP contribution in [0.25, 0.3) is 0 Å². The van der Waals surface area contributed by atoms with Crippen molar-refractivity contribution >= 4 is 61.8 Å². The van der Waals surface area contributed by atoms with Gasteiger partial charge in [-0.05, 0) is 40.5 Å². The molecule has 0 aliphatic heterocycles. The fraction of sp³-hybridized carbons (Fsp3) is 0.200. The standard InChI is InChI=1S/C10H7BrCl2OS2/c1-4-5(2-7(11)15-4)9(14)6-3-8(12)16-10(6)13/h2-3,9,14H,1H3. The van der Waals surface area contributed by atoms with Crippen LogP contribution in [-0.2, 0) is 0 Å². The number of halogens is 3. The van der Waals surface area contributed by atoms with Gasteiger partial charge in [-0.15, -0.1) is 22.7 Å². The molecule has 0 aliphatic rings. The molecule has 2 heterocycles. The van der Waals surface area contributed by atoms with Crippen molar-refractivity contribution in [2.24, 2.45) is 0 Å². The summed E-state index contributed by atoms with van der Waals surface area (Å²) in [6, 6.07) is 3.62. The molecule has 2 aromatic heterocycles. The van der Waals surface area contributed by atoms with Crippen molar-refractivity contribution in [1.29, 1.82) is 0 Å². The first-order chi connectivity index (χ1) is 7.49. The van der Waals surface area contributed by atoms with Crippen LogP contribution in [0.4, 0.5) is 0 Å². The maximum Gasteiger partial charge on any atom is 0.107 e. The second-order valence-corrected chi connectivity index (χ2v) is 8.17. The molecule has 0 fully saturated rings. The van der Waals surface area contributed by atoms with Gasteiger partial charge in [0.05, 0.1) is 8.12 Å². The lowest BCUT2D eigenvalue weighted by atomic mass is 10.1. The fourth-order valence-corrected chi connectivity index (χ4v) is 4.70. The summed E-state index contributed by atoms with van der Waals surface area (Å²) < 4.78 is 2.13. The first-order valence-electron chi connectivity index (χ1n) is 4.37. The third-order valence-electron chi connectivity index (χ3n) is 2.20. The minimum absolute atomic E-state index is 0.541. The molecule has 1 N–H and O–H groups in total. The van der Waals surface area contributed by atoms with E-state index < -0.39 is 6.10 Å². The third-order valence-corrected chi connectivity index (χ3v) is 5.29. The highest BCUT2D eigenvalue weighted by atomic mass is 79.9. The van der Waals surface area contributed by atoms with E-state index in [1.54, 1.807) is 17.4 Å². The molecule has 6 heteroatoms. The highest BCUT2D eigenvalue weighted by Gasteiger charge is 2.20. The molecular formula is C10H7BrCl2OS2. The van der Waals surface area contributed by atoms with E-state index >= 15 is 0 Å². The maximum atomic E-state index is 10.2. The average Bonchev–Trinajstić information content (AvgIpc) is 2.68. The molecular weight excluding hydrogens is 351 g/mol. The van der Waals surface area contributed by atoms with Crippen molar-refractivity contribution in [3.63, 3.8) is 0 Å². The van der Waals surface area contributed by atoms with Gasteiger partial charge < -0.3 is 5.11 Å². The summed E-state index contributed by atoms with van der Waals surface area (Å²) in [7, 11) is 0. The summed E-state index contributed by atoms with van der Waals surface area (Å²) in [5, 5.41) is 10.2. The minimum atomic E-state index is -0.709. The number of aliphatic hydroxyl groups is 1. The van der Waals surface area contributed by atoms with E-state index in [1.165, 1.54) is 11.3 Å². The minimum Gasteiger partial charge on any atom is -0.384 e. The molecule has 2 aromatic rings. The molecule has 1 unspecified atom stereocenters. The van der Waals surface area contributed by atoms with Crippen LogP contribution in [0.5, 0.6) is 0 Å². The molecule has 0 spiro atoms. The predicted octanol–water partition coefficient (Wildman–Crippen LogP) is 5.27. The van der Waals surface area contributed by atoms with Gasteiger partial charge in [-0.1, -0.05) is 23.2 Å². The summed E-state index contributed by atoms with van der Waals surface area (Å²) >= 11 is 18.1. The van der Waals surface area contributed by atoms with Gasteiger partial charge in [-0.2, -0.15) is 0 Å². The van der Waals surface area contributed by atoms with Crippen LogP contribution in [0.1, 0.15) is 22.1 Å². The zero-order chi connectivity index (χ0) is 11.9. The molecule has 0 aromatic carbocycles. The van der Waals surface area contributed by atoms with E-state index in [0.717, 1.165) is 14.2 Å². The van der Waals surface area contributed by atoms with Gasteiger partial charge in [-0.25, -0.2) is 0 Å². The first-order valence-corrected chi connectivity index (χ1v) is 7.56. The Kier molecular flexibility index (Phi) is 3.99. The Balaban J connectivity index is 2.42. The monoisotopic (exact) mass is 356 g/mol. The Labute approximate surface area is 120 Å². The number of rotatable bonds is 2. The van der Waals surface area contributed by atoms with E-state index in [1.807, 2.05) is 13.0 Å². The molecule has 0 saturated carbocycles. The van der Waals surface area contributed by atoms with Crippen LogP contribution in [0.3, 0.4) is 0 Å². The van der Waals surface area contributed by atoms with Gasteiger partial charge in [0.2, 0.25) is 0 Å². The van der Waals surface area contributed by atoms with Crippen molar-refractivity contribution < 1.29 is 5.11 Å².